The van der Waals surface area contributed by atoms with Crippen LogP contribution in [0.25, 0.3) is 6.08 Å². The van der Waals surface area contributed by atoms with Crippen molar-refractivity contribution in [1.82, 2.24) is 0 Å². The quantitative estimate of drug-likeness (QED) is 0.461. The second kappa shape index (κ2) is 10.4. The Balaban J connectivity index is 0. The summed E-state index contributed by atoms with van der Waals surface area (Å²) in [4.78, 5) is 0. The Bertz CT molecular complexity index is 288. The van der Waals surface area contributed by atoms with E-state index in [1.165, 1.54) is 5.56 Å². The minimum atomic E-state index is -2.54. The van der Waals surface area contributed by atoms with E-state index < -0.39 is 9.64 Å². The van der Waals surface area contributed by atoms with E-state index in [0.29, 0.717) is 0 Å². The Labute approximate surface area is 107 Å². The summed E-state index contributed by atoms with van der Waals surface area (Å²) in [6.45, 7) is 3.63. The summed E-state index contributed by atoms with van der Waals surface area (Å²) < 4.78 is 17.7. The van der Waals surface area contributed by atoms with Gasteiger partial charge in [0.2, 0.25) is 0 Å². The van der Waals surface area contributed by atoms with Crippen molar-refractivity contribution >= 4 is 26.9 Å². The van der Waals surface area contributed by atoms with E-state index >= 15 is 0 Å². The maximum absolute atomic E-state index is 8.85. The molecule has 0 aliphatic rings. The Morgan fingerprint density at radius 2 is 1.77 bits per heavy atom. The standard InChI is InChI=1S/C8H8.Na.H2O2S2/c1-2-8-6-4-3-5-7-8;;1-4(2)3/h2-7H,1H2;;4H,(H,1,2,3)/q;+1;/p-1. The van der Waals surface area contributed by atoms with Gasteiger partial charge in [-0.1, -0.05) is 43.0 Å². The molecule has 1 atom stereocenters. The number of hydrogen-bond donors (Lipinski definition) is 1. The van der Waals surface area contributed by atoms with Gasteiger partial charge in [0.1, 0.15) is 0 Å². The van der Waals surface area contributed by atoms with Gasteiger partial charge in [-0.15, -0.1) is 0 Å². The van der Waals surface area contributed by atoms with Crippen molar-refractivity contribution in [3.63, 3.8) is 0 Å². The van der Waals surface area contributed by atoms with Gasteiger partial charge in [-0.3, -0.25) is 4.21 Å². The molecule has 2 nitrogen and oxygen atoms in total. The van der Waals surface area contributed by atoms with Crippen LogP contribution in [0.3, 0.4) is 0 Å². The first-order valence-electron chi connectivity index (χ1n) is 3.16. The van der Waals surface area contributed by atoms with Crippen molar-refractivity contribution in [2.45, 2.75) is 0 Å². The van der Waals surface area contributed by atoms with Crippen molar-refractivity contribution in [3.05, 3.63) is 42.5 Å². The normalized spacial score (nSPS) is 9.92. The molecule has 0 radical (unpaired) electrons. The van der Waals surface area contributed by atoms with Crippen molar-refractivity contribution in [2.24, 2.45) is 0 Å². The molecule has 0 saturated carbocycles. The van der Waals surface area contributed by atoms with E-state index in [4.69, 9.17) is 8.76 Å². The van der Waals surface area contributed by atoms with E-state index in [9.17, 15) is 0 Å². The molecule has 1 aromatic rings. The van der Waals surface area contributed by atoms with Crippen LogP contribution in [-0.4, -0.2) is 8.76 Å². The molecule has 1 aromatic carbocycles. The third-order valence-corrected chi connectivity index (χ3v) is 1.04. The first-order valence-corrected chi connectivity index (χ1v) is 5.35. The van der Waals surface area contributed by atoms with Gasteiger partial charge >= 0.3 is 29.6 Å². The number of rotatable bonds is 1. The first-order chi connectivity index (χ1) is 5.66. The number of hydrogen-bond acceptors (Lipinski definition) is 3. The molecule has 0 heterocycles. The van der Waals surface area contributed by atoms with Gasteiger partial charge in [-0.05, 0) is 26.4 Å². The summed E-state index contributed by atoms with van der Waals surface area (Å²) in [6, 6.07) is 10.0. The average molecular weight is 224 g/mol. The van der Waals surface area contributed by atoms with Crippen LogP contribution in [0.2, 0.25) is 0 Å². The smallest absolute Gasteiger partial charge is 0.772 e. The predicted octanol–water partition coefficient (Wildman–Crippen LogP) is -1.61. The van der Waals surface area contributed by atoms with Crippen LogP contribution < -0.4 is 29.6 Å². The first kappa shape index (κ1) is 15.7. The molecule has 0 aromatic heterocycles. The molecule has 0 N–H and O–H groups in total. The molecule has 0 aliphatic heterocycles. The molecule has 1 rings (SSSR count). The van der Waals surface area contributed by atoms with Crippen LogP contribution in [0, 0.1) is 0 Å². The van der Waals surface area contributed by atoms with E-state index in [0.717, 1.165) is 0 Å². The van der Waals surface area contributed by atoms with Gasteiger partial charge in [-0.25, -0.2) is 0 Å². The topological polar surface area (TPSA) is 40.1 Å². The van der Waals surface area contributed by atoms with E-state index in [1.54, 1.807) is 0 Å². The molecule has 0 amide bonds. The molecule has 5 heteroatoms. The third-order valence-electron chi connectivity index (χ3n) is 1.04. The fourth-order valence-electron chi connectivity index (χ4n) is 0.589. The van der Waals surface area contributed by atoms with Crippen LogP contribution >= 0.6 is 0 Å². The zero-order chi connectivity index (χ0) is 9.40. The third kappa shape index (κ3) is 12.3. The number of benzene rings is 1. The monoisotopic (exact) mass is 224 g/mol. The molecular weight excluding hydrogens is 215 g/mol. The van der Waals surface area contributed by atoms with Crippen molar-refractivity contribution in [2.75, 3.05) is 0 Å². The molecule has 0 bridgehead atoms. The second-order valence-electron chi connectivity index (χ2n) is 1.84. The van der Waals surface area contributed by atoms with E-state index in [2.05, 4.69) is 17.8 Å². The van der Waals surface area contributed by atoms with Gasteiger partial charge in [0.05, 0.1) is 0 Å². The molecule has 1 unspecified atom stereocenters. The minimum absolute atomic E-state index is 0. The van der Waals surface area contributed by atoms with Gasteiger partial charge in [0, 0.05) is 0 Å². The van der Waals surface area contributed by atoms with Crippen molar-refractivity contribution in [1.29, 1.82) is 0 Å². The Morgan fingerprint density at radius 1 is 1.38 bits per heavy atom. The van der Waals surface area contributed by atoms with Crippen LogP contribution in [-0.2, 0) is 20.8 Å². The molecule has 66 valence electrons. The van der Waals surface area contributed by atoms with Gasteiger partial charge in [0.15, 0.2) is 0 Å². The summed E-state index contributed by atoms with van der Waals surface area (Å²) in [5.74, 6) is 0. The van der Waals surface area contributed by atoms with E-state index in [-0.39, 0.29) is 29.6 Å². The zero-order valence-electron chi connectivity index (χ0n) is 7.34. The van der Waals surface area contributed by atoms with Gasteiger partial charge in [0.25, 0.3) is 0 Å². The maximum atomic E-state index is 8.85. The summed E-state index contributed by atoms with van der Waals surface area (Å²) >= 11 is 3.57. The Morgan fingerprint density at radius 3 is 2.00 bits per heavy atom. The molecular formula is C8H9NaO2S2. The van der Waals surface area contributed by atoms with E-state index in [1.807, 2.05) is 36.4 Å². The Hall–Kier alpha value is 0.290. The van der Waals surface area contributed by atoms with Crippen LogP contribution in [0.5, 0.6) is 0 Å². The largest absolute Gasteiger partial charge is 1.00 e. The fourth-order valence-corrected chi connectivity index (χ4v) is 0.589. The van der Waals surface area contributed by atoms with Crippen LogP contribution in [0.15, 0.2) is 36.9 Å². The maximum Gasteiger partial charge on any atom is 1.00 e. The number of thiol groups is 1. The van der Waals surface area contributed by atoms with Crippen molar-refractivity contribution < 1.29 is 38.3 Å². The van der Waals surface area contributed by atoms with Crippen molar-refractivity contribution in [3.8, 4) is 0 Å². The molecule has 13 heavy (non-hydrogen) atoms. The second-order valence-corrected chi connectivity index (χ2v) is 3.18. The van der Waals surface area contributed by atoms with Gasteiger partial charge < -0.3 is 4.55 Å². The van der Waals surface area contributed by atoms with Crippen LogP contribution in [0.1, 0.15) is 5.56 Å². The SMILES string of the molecule is C=Cc1ccccc1.O=[SH]([O-])=S.[Na+]. The van der Waals surface area contributed by atoms with Crippen LogP contribution in [0.4, 0.5) is 0 Å². The average Bonchev–Trinajstić information content (AvgIpc) is 2.05. The zero-order valence-corrected chi connectivity index (χ0v) is 11.1. The van der Waals surface area contributed by atoms with Gasteiger partial charge in [-0.2, -0.15) is 0 Å². The molecule has 0 saturated heterocycles. The summed E-state index contributed by atoms with van der Waals surface area (Å²) in [7, 11) is -2.54. The minimum Gasteiger partial charge on any atom is -0.772 e. The predicted molar refractivity (Wildman–Crippen MR) is 54.2 cm³/mol. The fraction of sp³-hybridized carbons (Fsp3) is 0. The Kier molecular flexibility index (Phi) is 12.6. The molecule has 0 fully saturated rings. The summed E-state index contributed by atoms with van der Waals surface area (Å²) in [6.07, 6.45) is 1.83. The molecule has 0 aliphatic carbocycles. The summed E-state index contributed by atoms with van der Waals surface area (Å²) in [5, 5.41) is 0. The molecule has 0 spiro atoms. The summed E-state index contributed by atoms with van der Waals surface area (Å²) in [5.41, 5.74) is 1.17.